The van der Waals surface area contributed by atoms with Gasteiger partial charge in [0.2, 0.25) is 0 Å². The molecule has 0 fully saturated rings. The van der Waals surface area contributed by atoms with Gasteiger partial charge < -0.3 is 0 Å². The summed E-state index contributed by atoms with van der Waals surface area (Å²) in [4.78, 5) is 0. The molecule has 0 heterocycles. The van der Waals surface area contributed by atoms with Crippen LogP contribution >= 0.6 is 21.6 Å². The van der Waals surface area contributed by atoms with Crippen molar-refractivity contribution in [2.75, 3.05) is 12.5 Å². The minimum absolute atomic E-state index is 0.440. The lowest BCUT2D eigenvalue weighted by molar-refractivity contribution is 1.41. The molecule has 0 bridgehead atoms. The fourth-order valence-electron chi connectivity index (χ4n) is 0.274. The van der Waals surface area contributed by atoms with Crippen molar-refractivity contribution in [3.8, 4) is 24.3 Å². The van der Waals surface area contributed by atoms with Crippen LogP contribution in [0, 0.1) is 45.3 Å². The summed E-state index contributed by atoms with van der Waals surface area (Å²) in [5.41, 5.74) is -0.880. The predicted molar refractivity (Wildman–Crippen MR) is 56.5 cm³/mol. The van der Waals surface area contributed by atoms with E-state index in [1.807, 2.05) is 0 Å². The second kappa shape index (κ2) is 11.4. The fraction of sp³-hybridized carbons (Fsp3) is 0.250. The van der Waals surface area contributed by atoms with E-state index in [1.54, 1.807) is 21.6 Å². The molecule has 0 spiro atoms. The maximum Gasteiger partial charge on any atom is 0.158 e. The van der Waals surface area contributed by atoms with Gasteiger partial charge in [-0.2, -0.15) is 21.0 Å². The van der Waals surface area contributed by atoms with Gasteiger partial charge in [-0.1, -0.05) is 21.6 Å². The van der Waals surface area contributed by atoms with Gasteiger partial charge in [-0.15, -0.1) is 0 Å². The summed E-state index contributed by atoms with van der Waals surface area (Å²) in [7, 11) is 3.55. The Kier molecular flexibility index (Phi) is 12.1. The molecule has 0 saturated carbocycles. The second-order valence-electron chi connectivity index (χ2n) is 1.53. The van der Waals surface area contributed by atoms with Gasteiger partial charge in [-0.25, -0.2) is 0 Å². The maximum absolute atomic E-state index is 8.13. The molecule has 0 amide bonds. The number of hydrogen-bond donors (Lipinski definition) is 0. The Morgan fingerprint density at radius 1 is 0.714 bits per heavy atom. The van der Waals surface area contributed by atoms with Crippen LogP contribution in [0.3, 0.4) is 0 Å². The molecule has 0 rings (SSSR count). The van der Waals surface area contributed by atoms with Crippen molar-refractivity contribution in [1.29, 1.82) is 21.0 Å². The zero-order chi connectivity index (χ0) is 11.4. The third-order valence-corrected chi connectivity index (χ3v) is 2.20. The molecule has 0 aromatic heterocycles. The summed E-state index contributed by atoms with van der Waals surface area (Å²) >= 11 is 0. The monoisotopic (exact) mass is 222 g/mol. The first-order valence-corrected chi connectivity index (χ1v) is 6.09. The largest absolute Gasteiger partial charge is 0.192 e. The van der Waals surface area contributed by atoms with Crippen molar-refractivity contribution in [2.24, 2.45) is 0 Å². The van der Waals surface area contributed by atoms with Crippen molar-refractivity contribution in [3.63, 3.8) is 0 Å². The number of rotatable bonds is 1. The van der Waals surface area contributed by atoms with Crippen LogP contribution in [0.5, 0.6) is 0 Å². The number of allylic oxidation sites excluding steroid dienone is 2. The fourth-order valence-corrected chi connectivity index (χ4v) is 0.274. The van der Waals surface area contributed by atoms with E-state index in [0.29, 0.717) is 0 Å². The summed E-state index contributed by atoms with van der Waals surface area (Å²) in [6.07, 6.45) is 4.12. The molecule has 0 atom stereocenters. The summed E-state index contributed by atoms with van der Waals surface area (Å²) in [5, 5.41) is 32.5. The van der Waals surface area contributed by atoms with E-state index >= 15 is 0 Å². The van der Waals surface area contributed by atoms with E-state index < -0.39 is 11.1 Å². The average molecular weight is 222 g/mol. The minimum Gasteiger partial charge on any atom is -0.192 e. The molecule has 0 saturated heterocycles. The highest BCUT2D eigenvalue weighted by Crippen LogP contribution is 2.09. The molecule has 70 valence electrons. The van der Waals surface area contributed by atoms with Crippen molar-refractivity contribution < 1.29 is 0 Å². The molecule has 0 aliphatic rings. The van der Waals surface area contributed by atoms with E-state index in [2.05, 4.69) is 12.5 Å². The van der Waals surface area contributed by atoms with E-state index in [4.69, 9.17) is 21.0 Å². The first-order valence-electron chi connectivity index (χ1n) is 3.13. The smallest absolute Gasteiger partial charge is 0.158 e. The molecule has 6 heteroatoms. The van der Waals surface area contributed by atoms with Gasteiger partial charge in [0.25, 0.3) is 0 Å². The average Bonchev–Trinajstić information content (AvgIpc) is 2.26. The molecular weight excluding hydrogens is 216 g/mol. The van der Waals surface area contributed by atoms with E-state index in [1.165, 1.54) is 24.3 Å². The third-order valence-electron chi connectivity index (χ3n) is 0.864. The molecule has 0 aliphatic carbocycles. The van der Waals surface area contributed by atoms with Crippen LogP contribution in [-0.4, -0.2) is 12.5 Å². The highest BCUT2D eigenvalue weighted by Gasteiger charge is 2.01. The second-order valence-corrected chi connectivity index (χ2v) is 4.20. The third kappa shape index (κ3) is 7.07. The number of nitriles is 4. The van der Waals surface area contributed by atoms with Crippen LogP contribution in [0.1, 0.15) is 0 Å². The van der Waals surface area contributed by atoms with Crippen LogP contribution in [0.2, 0.25) is 0 Å². The minimum atomic E-state index is -0.440. The lowest BCUT2D eigenvalue weighted by Gasteiger charge is -1.76. The lowest BCUT2D eigenvalue weighted by Crippen LogP contribution is -1.79. The molecule has 4 nitrogen and oxygen atoms in total. The standard InChI is InChI=1S/C6N4.C2H6S2/c7-1-5(2-8)6(3-9)4-10;1-3-4-2/h;1-2H3. The van der Waals surface area contributed by atoms with Gasteiger partial charge in [-0.05, 0) is 12.5 Å². The highest BCUT2D eigenvalue weighted by molar-refractivity contribution is 8.76. The Morgan fingerprint density at radius 2 is 0.929 bits per heavy atom. The molecule has 0 N–H and O–H groups in total. The number of hydrogen-bond acceptors (Lipinski definition) is 6. The summed E-state index contributed by atoms with van der Waals surface area (Å²) < 4.78 is 0. The van der Waals surface area contributed by atoms with Crippen molar-refractivity contribution in [2.45, 2.75) is 0 Å². The molecular formula is C8H6N4S2. The quantitative estimate of drug-likeness (QED) is 0.497. The van der Waals surface area contributed by atoms with Crippen LogP contribution in [0.4, 0.5) is 0 Å². The Hall–Kier alpha value is -1.60. The molecule has 0 radical (unpaired) electrons. The van der Waals surface area contributed by atoms with Crippen molar-refractivity contribution >= 4 is 21.6 Å². The normalized spacial score (nSPS) is 6.14. The maximum atomic E-state index is 8.13. The van der Waals surface area contributed by atoms with Gasteiger partial charge in [0.05, 0.1) is 0 Å². The Labute approximate surface area is 90.8 Å². The summed E-state index contributed by atoms with van der Waals surface area (Å²) in [5.74, 6) is 0. The van der Waals surface area contributed by atoms with E-state index in [0.717, 1.165) is 0 Å². The first kappa shape index (κ1) is 14.9. The van der Waals surface area contributed by atoms with E-state index in [-0.39, 0.29) is 0 Å². The van der Waals surface area contributed by atoms with Crippen molar-refractivity contribution in [1.82, 2.24) is 0 Å². The first-order chi connectivity index (χ1) is 6.71. The lowest BCUT2D eigenvalue weighted by atomic mass is 10.2. The molecule has 0 unspecified atom stereocenters. The Bertz CT molecular complexity index is 291. The SMILES string of the molecule is CSSC.N#CC(C#N)=C(C#N)C#N. The van der Waals surface area contributed by atoms with E-state index in [9.17, 15) is 0 Å². The molecule has 0 aromatic rings. The van der Waals surface area contributed by atoms with Crippen LogP contribution in [0.15, 0.2) is 11.1 Å². The topological polar surface area (TPSA) is 95.2 Å². The van der Waals surface area contributed by atoms with Gasteiger partial charge in [0, 0.05) is 0 Å². The van der Waals surface area contributed by atoms with Gasteiger partial charge in [-0.3, -0.25) is 0 Å². The predicted octanol–water partition coefficient (Wildman–Crippen LogP) is 2.00. The Morgan fingerprint density at radius 3 is 1.00 bits per heavy atom. The zero-order valence-corrected chi connectivity index (χ0v) is 9.24. The van der Waals surface area contributed by atoms with Gasteiger partial charge in [0.1, 0.15) is 24.3 Å². The summed E-state index contributed by atoms with van der Waals surface area (Å²) in [6.45, 7) is 0. The molecule has 14 heavy (non-hydrogen) atoms. The summed E-state index contributed by atoms with van der Waals surface area (Å²) in [6, 6.07) is 5.71. The van der Waals surface area contributed by atoms with Crippen LogP contribution < -0.4 is 0 Å². The van der Waals surface area contributed by atoms with Crippen LogP contribution in [0.25, 0.3) is 0 Å². The molecule has 0 aromatic carbocycles. The van der Waals surface area contributed by atoms with Gasteiger partial charge >= 0.3 is 0 Å². The van der Waals surface area contributed by atoms with Crippen LogP contribution in [-0.2, 0) is 0 Å². The van der Waals surface area contributed by atoms with Crippen molar-refractivity contribution in [3.05, 3.63) is 11.1 Å². The number of nitrogens with zero attached hydrogens (tertiary/aromatic N) is 4. The highest BCUT2D eigenvalue weighted by atomic mass is 33.1. The molecule has 0 aliphatic heterocycles. The zero-order valence-electron chi connectivity index (χ0n) is 7.61. The Balaban J connectivity index is 0. The van der Waals surface area contributed by atoms with Gasteiger partial charge in [0.15, 0.2) is 11.1 Å².